The van der Waals surface area contributed by atoms with Crippen molar-refractivity contribution >= 4 is 17.4 Å². The second-order valence-electron chi connectivity index (χ2n) is 6.75. The number of rotatable bonds is 6. The Morgan fingerprint density at radius 1 is 1.07 bits per heavy atom. The molecule has 1 aliphatic rings. The van der Waals surface area contributed by atoms with Crippen molar-refractivity contribution < 1.29 is 9.69 Å². The Hall–Kier alpha value is -3.04. The monoisotopic (exact) mass is 364 g/mol. The van der Waals surface area contributed by atoms with E-state index in [9.17, 15) is 4.79 Å². The summed E-state index contributed by atoms with van der Waals surface area (Å²) in [4.78, 5) is 15.8. The van der Waals surface area contributed by atoms with Crippen LogP contribution in [0.2, 0.25) is 0 Å². The molecular formula is C21H26N5O+. The van der Waals surface area contributed by atoms with Gasteiger partial charge >= 0.3 is 6.03 Å². The largest absolute Gasteiger partial charge is 0.360 e. The van der Waals surface area contributed by atoms with E-state index in [2.05, 4.69) is 21.6 Å². The molecule has 0 radical (unpaired) electrons. The Morgan fingerprint density at radius 2 is 1.78 bits per heavy atom. The lowest BCUT2D eigenvalue weighted by Crippen LogP contribution is -3.15. The molecule has 0 aromatic heterocycles. The van der Waals surface area contributed by atoms with Crippen LogP contribution in [0, 0.1) is 11.3 Å². The number of quaternary nitrogens is 1. The van der Waals surface area contributed by atoms with Gasteiger partial charge in [0.1, 0.15) is 0 Å². The van der Waals surface area contributed by atoms with Crippen molar-refractivity contribution in [3.8, 4) is 6.07 Å². The van der Waals surface area contributed by atoms with E-state index in [1.54, 1.807) is 4.90 Å². The topological polar surface area (TPSA) is 72.6 Å². The molecule has 6 heteroatoms. The number of urea groups is 1. The summed E-state index contributed by atoms with van der Waals surface area (Å²) in [6.45, 7) is 5.97. The lowest BCUT2D eigenvalue weighted by Gasteiger charge is -2.33. The highest BCUT2D eigenvalue weighted by Crippen LogP contribution is 2.14. The van der Waals surface area contributed by atoms with Crippen molar-refractivity contribution in [1.82, 2.24) is 5.32 Å². The summed E-state index contributed by atoms with van der Waals surface area (Å²) in [7, 11) is 0. The molecule has 0 spiro atoms. The number of benzene rings is 2. The average molecular weight is 364 g/mol. The van der Waals surface area contributed by atoms with Gasteiger partial charge in [0.2, 0.25) is 0 Å². The van der Waals surface area contributed by atoms with E-state index in [1.807, 2.05) is 54.6 Å². The van der Waals surface area contributed by atoms with Crippen molar-refractivity contribution in [2.24, 2.45) is 0 Å². The zero-order chi connectivity index (χ0) is 18.9. The molecule has 2 amide bonds. The summed E-state index contributed by atoms with van der Waals surface area (Å²) in [5.41, 5.74) is 2.69. The maximum Gasteiger partial charge on any atom is 0.319 e. The molecule has 0 bridgehead atoms. The van der Waals surface area contributed by atoms with Crippen LogP contribution in [0.5, 0.6) is 0 Å². The lowest BCUT2D eigenvalue weighted by atomic mass is 10.2. The third-order valence-electron chi connectivity index (χ3n) is 4.86. The summed E-state index contributed by atoms with van der Waals surface area (Å²) in [5.74, 6) is 0. The van der Waals surface area contributed by atoms with Crippen LogP contribution in [0.3, 0.4) is 0 Å². The lowest BCUT2D eigenvalue weighted by molar-refractivity contribution is -0.900. The van der Waals surface area contributed by atoms with Gasteiger partial charge in [-0.25, -0.2) is 4.79 Å². The van der Waals surface area contributed by atoms with Crippen molar-refractivity contribution in [3.63, 3.8) is 0 Å². The van der Waals surface area contributed by atoms with Gasteiger partial charge in [0.15, 0.2) is 0 Å². The minimum Gasteiger partial charge on any atom is -0.360 e. The number of para-hydroxylation sites is 1. The second-order valence-corrected chi connectivity index (χ2v) is 6.75. The third-order valence-corrected chi connectivity index (χ3v) is 4.86. The van der Waals surface area contributed by atoms with Crippen LogP contribution in [-0.2, 0) is 0 Å². The number of nitriles is 1. The van der Waals surface area contributed by atoms with Crippen molar-refractivity contribution in [3.05, 3.63) is 60.2 Å². The van der Waals surface area contributed by atoms with Gasteiger partial charge in [-0.2, -0.15) is 5.26 Å². The predicted molar refractivity (Wildman–Crippen MR) is 107 cm³/mol. The quantitative estimate of drug-likeness (QED) is 0.680. The number of carbonyl (C=O) groups is 1. The zero-order valence-electron chi connectivity index (χ0n) is 15.4. The van der Waals surface area contributed by atoms with E-state index in [0.29, 0.717) is 12.1 Å². The molecule has 1 aliphatic heterocycles. The second kappa shape index (κ2) is 9.60. The highest BCUT2D eigenvalue weighted by atomic mass is 16.2. The minimum absolute atomic E-state index is 0.151. The Balaban J connectivity index is 1.31. The van der Waals surface area contributed by atoms with Gasteiger partial charge in [-0.15, -0.1) is 0 Å². The average Bonchev–Trinajstić information content (AvgIpc) is 2.72. The number of nitrogens with zero attached hydrogens (tertiary/aromatic N) is 2. The van der Waals surface area contributed by atoms with E-state index in [0.717, 1.165) is 44.8 Å². The van der Waals surface area contributed by atoms with E-state index < -0.39 is 0 Å². The van der Waals surface area contributed by atoms with Gasteiger partial charge in [-0.1, -0.05) is 18.2 Å². The van der Waals surface area contributed by atoms with Crippen LogP contribution >= 0.6 is 0 Å². The number of piperazine rings is 1. The highest BCUT2D eigenvalue weighted by molar-refractivity contribution is 5.89. The fourth-order valence-electron chi connectivity index (χ4n) is 3.32. The minimum atomic E-state index is -0.151. The molecular weight excluding hydrogens is 338 g/mol. The van der Waals surface area contributed by atoms with Crippen LogP contribution in [-0.4, -0.2) is 45.3 Å². The predicted octanol–water partition coefficient (Wildman–Crippen LogP) is 1.47. The number of hydrogen-bond donors (Lipinski definition) is 3. The number of hydrogen-bond acceptors (Lipinski definition) is 3. The molecule has 1 heterocycles. The van der Waals surface area contributed by atoms with Gasteiger partial charge in [0.25, 0.3) is 0 Å². The molecule has 0 unspecified atom stereocenters. The van der Waals surface area contributed by atoms with Crippen LogP contribution in [0.1, 0.15) is 12.0 Å². The fraction of sp³-hybridized carbons (Fsp3) is 0.333. The smallest absolute Gasteiger partial charge is 0.319 e. The normalized spacial score (nSPS) is 14.4. The maximum absolute atomic E-state index is 11.9. The summed E-state index contributed by atoms with van der Waals surface area (Å²) in [6.07, 6.45) is 0.967. The van der Waals surface area contributed by atoms with Gasteiger partial charge in [0.05, 0.1) is 44.4 Å². The fourth-order valence-corrected chi connectivity index (χ4v) is 3.32. The summed E-state index contributed by atoms with van der Waals surface area (Å²) < 4.78 is 0. The summed E-state index contributed by atoms with van der Waals surface area (Å²) in [5, 5.41) is 14.6. The van der Waals surface area contributed by atoms with Crippen LogP contribution in [0.15, 0.2) is 54.6 Å². The molecule has 6 nitrogen and oxygen atoms in total. The van der Waals surface area contributed by atoms with Gasteiger partial charge in [-0.05, 0) is 36.4 Å². The van der Waals surface area contributed by atoms with E-state index in [4.69, 9.17) is 5.26 Å². The molecule has 2 aromatic rings. The maximum atomic E-state index is 11.9. The molecule has 27 heavy (non-hydrogen) atoms. The number of anilines is 2. The molecule has 1 fully saturated rings. The molecule has 0 aliphatic carbocycles. The van der Waals surface area contributed by atoms with Crippen molar-refractivity contribution in [1.29, 1.82) is 5.26 Å². The first-order valence-corrected chi connectivity index (χ1v) is 9.43. The Morgan fingerprint density at radius 3 is 2.44 bits per heavy atom. The van der Waals surface area contributed by atoms with Crippen LogP contribution in [0.25, 0.3) is 0 Å². The molecule has 0 saturated carbocycles. The van der Waals surface area contributed by atoms with Crippen LogP contribution < -0.4 is 20.4 Å². The van der Waals surface area contributed by atoms with Gasteiger partial charge < -0.3 is 20.4 Å². The number of amides is 2. The number of carbonyl (C=O) groups excluding carboxylic acids is 1. The molecule has 2 aromatic carbocycles. The first-order valence-electron chi connectivity index (χ1n) is 9.43. The van der Waals surface area contributed by atoms with E-state index in [1.165, 1.54) is 5.69 Å². The van der Waals surface area contributed by atoms with E-state index in [-0.39, 0.29) is 6.03 Å². The SMILES string of the molecule is N#Cc1ccc(N2CC[NH+](CCCNC(=O)Nc3ccccc3)CC2)cc1. The zero-order valence-corrected chi connectivity index (χ0v) is 15.4. The molecule has 3 N–H and O–H groups in total. The Labute approximate surface area is 160 Å². The first kappa shape index (κ1) is 18.7. The molecule has 3 rings (SSSR count). The van der Waals surface area contributed by atoms with Crippen molar-refractivity contribution in [2.75, 3.05) is 49.5 Å². The Kier molecular flexibility index (Phi) is 6.66. The molecule has 140 valence electrons. The first-order chi connectivity index (χ1) is 13.2. The van der Waals surface area contributed by atoms with Gasteiger partial charge in [0, 0.05) is 24.3 Å². The third kappa shape index (κ3) is 5.73. The van der Waals surface area contributed by atoms with Crippen molar-refractivity contribution in [2.45, 2.75) is 6.42 Å². The van der Waals surface area contributed by atoms with Crippen LogP contribution in [0.4, 0.5) is 16.2 Å². The highest BCUT2D eigenvalue weighted by Gasteiger charge is 2.19. The standard InChI is InChI=1S/C21H25N5O/c22-17-18-7-9-20(10-8-18)26-15-13-25(14-16-26)12-4-11-23-21(27)24-19-5-2-1-3-6-19/h1-3,5-10H,4,11-16H2,(H2,23,24,27)/p+1. The summed E-state index contributed by atoms with van der Waals surface area (Å²) >= 11 is 0. The van der Waals surface area contributed by atoms with Gasteiger partial charge in [-0.3, -0.25) is 0 Å². The summed E-state index contributed by atoms with van der Waals surface area (Å²) in [6, 6.07) is 19.3. The number of nitrogens with one attached hydrogen (secondary N) is 3. The molecule has 0 atom stereocenters. The molecule has 1 saturated heterocycles. The van der Waals surface area contributed by atoms with E-state index >= 15 is 0 Å². The Bertz CT molecular complexity index is 761.